The molecule has 32 heavy (non-hydrogen) atoms. The van der Waals surface area contributed by atoms with Crippen LogP contribution in [0.4, 0.5) is 13.2 Å². The molecule has 0 unspecified atom stereocenters. The molecule has 0 aliphatic heterocycles. The Balaban J connectivity index is 0.00000363. The third kappa shape index (κ3) is 6.39. The molecule has 13 heteroatoms. The molecule has 0 bridgehead atoms. The summed E-state index contributed by atoms with van der Waals surface area (Å²) in [6.45, 7) is 0. The van der Waals surface area contributed by atoms with Crippen LogP contribution < -0.4 is 15.9 Å². The molecule has 0 atom stereocenters. The van der Waals surface area contributed by atoms with E-state index in [9.17, 15) is 39.1 Å². The Labute approximate surface area is 206 Å². The van der Waals surface area contributed by atoms with Gasteiger partial charge in [0.15, 0.2) is 0 Å². The molecule has 0 aliphatic carbocycles. The Kier molecular flexibility index (Phi) is 8.34. The maximum absolute atomic E-state index is 13.0. The quantitative estimate of drug-likeness (QED) is 0.307. The Morgan fingerprint density at radius 2 is 1.06 bits per heavy atom. The first-order valence-electron chi connectivity index (χ1n) is 8.39. The fourth-order valence-corrected chi connectivity index (χ4v) is 6.39. The molecule has 3 rings (SSSR count). The third-order valence-corrected chi connectivity index (χ3v) is 8.30. The molecule has 3 aromatic carbocycles. The summed E-state index contributed by atoms with van der Waals surface area (Å²) >= 11 is 0. The van der Waals surface area contributed by atoms with Crippen LogP contribution in [-0.4, -0.2) is 55.5 Å². The summed E-state index contributed by atoms with van der Waals surface area (Å²) in [5.41, 5.74) is -0.885. The van der Waals surface area contributed by atoms with Crippen molar-refractivity contribution in [1.29, 1.82) is 0 Å². The predicted octanol–water partition coefficient (Wildman–Crippen LogP) is 2.31. The van der Waals surface area contributed by atoms with Crippen molar-refractivity contribution >= 4 is 73.6 Å². The maximum atomic E-state index is 13.0. The molecule has 6 nitrogen and oxygen atoms in total. The molecule has 2 N–H and O–H groups in total. The van der Waals surface area contributed by atoms with Gasteiger partial charge in [0.1, 0.15) is 0 Å². The van der Waals surface area contributed by atoms with Crippen molar-refractivity contribution in [1.82, 2.24) is 0 Å². The van der Waals surface area contributed by atoms with Crippen molar-refractivity contribution in [2.45, 2.75) is 16.0 Å². The summed E-state index contributed by atoms with van der Waals surface area (Å²) in [5.74, 6) is 0. The van der Waals surface area contributed by atoms with Crippen LogP contribution in [0.1, 0.15) is 5.56 Å². The van der Waals surface area contributed by atoms with Gasteiger partial charge in [0.05, 0.1) is 15.4 Å². The van der Waals surface area contributed by atoms with Crippen molar-refractivity contribution < 1.29 is 39.1 Å². The monoisotopic (exact) mass is 514 g/mol. The molecule has 0 aromatic heterocycles. The first kappa shape index (κ1) is 26.9. The zero-order valence-electron chi connectivity index (χ0n) is 15.4. The van der Waals surface area contributed by atoms with Gasteiger partial charge in [-0.05, 0) is 60.2 Å². The van der Waals surface area contributed by atoms with E-state index in [-0.39, 0.29) is 29.6 Å². The van der Waals surface area contributed by atoms with Crippen LogP contribution in [0.5, 0.6) is 0 Å². The Morgan fingerprint density at radius 3 is 1.41 bits per heavy atom. The van der Waals surface area contributed by atoms with E-state index in [1.807, 2.05) is 0 Å². The Hall–Kier alpha value is -1.30. The van der Waals surface area contributed by atoms with Gasteiger partial charge in [-0.15, -0.1) is 0 Å². The second-order valence-corrected chi connectivity index (χ2v) is 11.4. The van der Waals surface area contributed by atoms with Gasteiger partial charge in [-0.1, -0.05) is 36.4 Å². The van der Waals surface area contributed by atoms with Gasteiger partial charge < -0.3 is 0 Å². The normalized spacial score (nSPS) is 12.4. The molecule has 0 heterocycles. The van der Waals surface area contributed by atoms with E-state index in [2.05, 4.69) is 0 Å². The van der Waals surface area contributed by atoms with Gasteiger partial charge in [0.25, 0.3) is 20.2 Å². The van der Waals surface area contributed by atoms with Crippen LogP contribution in [0.15, 0.2) is 82.6 Å². The van der Waals surface area contributed by atoms with Crippen LogP contribution in [0, 0.1) is 0 Å². The average molecular weight is 514 g/mol. The van der Waals surface area contributed by atoms with Crippen LogP contribution >= 0.6 is 7.92 Å². The summed E-state index contributed by atoms with van der Waals surface area (Å²) in [6.07, 6.45) is -4.56. The number of halogens is 3. The second-order valence-electron chi connectivity index (χ2n) is 6.32. The van der Waals surface area contributed by atoms with Gasteiger partial charge in [-0.2, -0.15) is 30.0 Å². The minimum absolute atomic E-state index is 0. The molecule has 0 saturated carbocycles. The SMILES string of the molecule is O=S(=O)(O)c1cccc(P(c2ccc(C(F)(F)F)cc2)c2cccc(S(=O)(=O)O)c2)c1.[NaH]. The molecule has 0 radical (unpaired) electrons. The van der Waals surface area contributed by atoms with Crippen LogP contribution in [-0.2, 0) is 26.4 Å². The van der Waals surface area contributed by atoms with Crippen molar-refractivity contribution in [3.63, 3.8) is 0 Å². The van der Waals surface area contributed by atoms with Crippen LogP contribution in [0.2, 0.25) is 0 Å². The number of rotatable bonds is 5. The Bertz CT molecular complexity index is 1250. The summed E-state index contributed by atoms with van der Waals surface area (Å²) in [7, 11) is -10.8. The van der Waals surface area contributed by atoms with Crippen molar-refractivity contribution in [2.24, 2.45) is 0 Å². The third-order valence-electron chi connectivity index (χ3n) is 4.20. The average Bonchev–Trinajstić information content (AvgIpc) is 2.67. The fraction of sp³-hybridized carbons (Fsp3) is 0.0526. The number of alkyl halides is 3. The molecular weight excluding hydrogens is 499 g/mol. The van der Waals surface area contributed by atoms with E-state index in [1.165, 1.54) is 48.5 Å². The molecule has 0 saturated heterocycles. The van der Waals surface area contributed by atoms with E-state index in [0.29, 0.717) is 15.9 Å². The number of benzene rings is 3. The number of hydrogen-bond donors (Lipinski definition) is 2. The minimum atomic E-state index is -4.56. The Morgan fingerprint density at radius 1 is 0.656 bits per heavy atom. The van der Waals surface area contributed by atoms with Crippen molar-refractivity contribution in [2.75, 3.05) is 0 Å². The number of hydrogen-bond acceptors (Lipinski definition) is 4. The van der Waals surface area contributed by atoms with E-state index in [1.54, 1.807) is 0 Å². The molecular formula is C19H15F3NaO6PS2. The van der Waals surface area contributed by atoms with Gasteiger partial charge >= 0.3 is 35.7 Å². The molecule has 0 amide bonds. The summed E-state index contributed by atoms with van der Waals surface area (Å²) in [4.78, 5) is -0.842. The van der Waals surface area contributed by atoms with Gasteiger partial charge in [0, 0.05) is 0 Å². The topological polar surface area (TPSA) is 109 Å². The van der Waals surface area contributed by atoms with E-state index < -0.39 is 49.7 Å². The standard InChI is InChI=1S/C19H14F3O6PS2.Na.H/c20-19(21,22)13-7-9-14(10-8-13)29(15-3-1-5-17(11-15)30(23,24)25)16-4-2-6-18(12-16)31(26,27)28;;/h1-12H,(H,23,24,25)(H,26,27,28);;. The van der Waals surface area contributed by atoms with E-state index in [0.717, 1.165) is 24.3 Å². The second kappa shape index (κ2) is 9.90. The van der Waals surface area contributed by atoms with Gasteiger partial charge in [0.2, 0.25) is 0 Å². The molecule has 0 aliphatic rings. The molecule has 166 valence electrons. The zero-order valence-corrected chi connectivity index (χ0v) is 17.9. The molecule has 0 fully saturated rings. The first-order valence-corrected chi connectivity index (χ1v) is 12.6. The van der Waals surface area contributed by atoms with Crippen LogP contribution in [0.25, 0.3) is 0 Å². The predicted molar refractivity (Wildman–Crippen MR) is 117 cm³/mol. The van der Waals surface area contributed by atoms with Gasteiger partial charge in [-0.3, -0.25) is 9.11 Å². The van der Waals surface area contributed by atoms with E-state index in [4.69, 9.17) is 0 Å². The van der Waals surface area contributed by atoms with Gasteiger partial charge in [-0.25, -0.2) is 0 Å². The summed E-state index contributed by atoms with van der Waals surface area (Å²) in [5, 5.41) is 1.03. The summed E-state index contributed by atoms with van der Waals surface area (Å²) < 4.78 is 104. The fourth-order valence-electron chi connectivity index (χ4n) is 2.81. The van der Waals surface area contributed by atoms with Crippen LogP contribution in [0.3, 0.4) is 0 Å². The summed E-state index contributed by atoms with van der Waals surface area (Å²) in [6, 6.07) is 14.5. The van der Waals surface area contributed by atoms with E-state index >= 15 is 0 Å². The van der Waals surface area contributed by atoms with Crippen molar-refractivity contribution in [3.8, 4) is 0 Å². The van der Waals surface area contributed by atoms with Crippen molar-refractivity contribution in [3.05, 3.63) is 78.4 Å². The first-order chi connectivity index (χ1) is 14.3. The molecule has 0 spiro atoms. The zero-order chi connectivity index (χ0) is 23.0. The molecule has 3 aromatic rings.